The summed E-state index contributed by atoms with van der Waals surface area (Å²) < 4.78 is 0. The van der Waals surface area contributed by atoms with Crippen LogP contribution < -0.4 is 0 Å². The summed E-state index contributed by atoms with van der Waals surface area (Å²) >= 11 is 0. The van der Waals surface area contributed by atoms with E-state index in [2.05, 4.69) is 13.8 Å². The molecule has 0 aliphatic heterocycles. The van der Waals surface area contributed by atoms with Gasteiger partial charge in [-0.1, -0.05) is 179 Å². The van der Waals surface area contributed by atoms with E-state index in [1.807, 2.05) is 38.0 Å². The molecule has 0 saturated carbocycles. The van der Waals surface area contributed by atoms with E-state index in [0.29, 0.717) is 12.8 Å². The maximum absolute atomic E-state index is 12.5. The first-order chi connectivity index (χ1) is 29.6. The second kappa shape index (κ2) is 44.8. The van der Waals surface area contributed by atoms with Gasteiger partial charge in [0.1, 0.15) is 0 Å². The van der Waals surface area contributed by atoms with Crippen molar-refractivity contribution in [2.24, 2.45) is 10.8 Å². The molecule has 12 heteroatoms. The fourth-order valence-corrected chi connectivity index (χ4v) is 7.18. The van der Waals surface area contributed by atoms with Gasteiger partial charge in [0.25, 0.3) is 0 Å². The van der Waals surface area contributed by atoms with Crippen molar-refractivity contribution in [2.45, 2.75) is 206 Å². The molecule has 0 aliphatic carbocycles. The second-order valence-electron chi connectivity index (χ2n) is 17.8. The van der Waals surface area contributed by atoms with E-state index in [-0.39, 0.29) is 26.1 Å². The summed E-state index contributed by atoms with van der Waals surface area (Å²) in [7, 11) is 7.71. The van der Waals surface area contributed by atoms with Gasteiger partial charge in [0.15, 0.2) is 0 Å². The molecule has 0 amide bonds. The summed E-state index contributed by atoms with van der Waals surface area (Å²) in [5.41, 5.74) is -3.66. The van der Waals surface area contributed by atoms with Crippen molar-refractivity contribution in [1.29, 1.82) is 0 Å². The van der Waals surface area contributed by atoms with Crippen molar-refractivity contribution >= 4 is 23.9 Å². The number of carbonyl (C=O) groups is 4. The Hall–Kier alpha value is -2.80. The molecule has 2 atom stereocenters. The standard InChI is InChI=1S/C42H74O8.2C4H11NO/c1-3-5-7-9-11-13-15-17-19-21-23-25-27-29-31-41(39(47)48,35-37(43)44)33-34-42(40(49)50,36-38(45)46)32-30-28-26-24-22-20-18-16-14-12-10-8-6-4-2;2*1-5(2)3-4-6/h29-32H,3-28,33-36H2,1-2H3,(H,43,44)(H,45,46)(H,47,48)(H,49,50);2*6H,3-4H2,1-2H3. The zero-order chi connectivity index (χ0) is 47.3. The van der Waals surface area contributed by atoms with Crippen LogP contribution >= 0.6 is 0 Å². The minimum absolute atomic E-state index is 0.257. The Labute approximate surface area is 378 Å². The van der Waals surface area contributed by atoms with Crippen molar-refractivity contribution in [1.82, 2.24) is 9.80 Å². The molecule has 6 N–H and O–H groups in total. The van der Waals surface area contributed by atoms with Gasteiger partial charge in [-0.15, -0.1) is 0 Å². The number of aliphatic carboxylic acids is 4. The predicted molar refractivity (Wildman–Crippen MR) is 255 cm³/mol. The molecule has 0 aromatic heterocycles. The molecule has 12 nitrogen and oxygen atoms in total. The predicted octanol–water partition coefficient (Wildman–Crippen LogP) is 11.2. The van der Waals surface area contributed by atoms with Gasteiger partial charge in [0, 0.05) is 13.1 Å². The van der Waals surface area contributed by atoms with Crippen LogP contribution in [0.3, 0.4) is 0 Å². The van der Waals surface area contributed by atoms with Crippen molar-refractivity contribution in [3.05, 3.63) is 24.3 Å². The van der Waals surface area contributed by atoms with Crippen LogP contribution in [-0.2, 0) is 19.2 Å². The second-order valence-corrected chi connectivity index (χ2v) is 17.8. The average Bonchev–Trinajstić information content (AvgIpc) is 3.19. The lowest BCUT2D eigenvalue weighted by Crippen LogP contribution is -2.37. The van der Waals surface area contributed by atoms with Crippen molar-refractivity contribution in [2.75, 3.05) is 54.5 Å². The minimum Gasteiger partial charge on any atom is -0.481 e. The SMILES string of the molecule is CCCCCCCCCCCCCCC=CC(CCC(C=CCCCCCCCCCCCCCC)(CC(=O)O)C(=O)O)(CC(=O)O)C(=O)O.CN(C)CCO.CN(C)CCO. The number of aliphatic hydroxyl groups excluding tert-OH is 2. The van der Waals surface area contributed by atoms with Crippen LogP contribution in [0.1, 0.15) is 206 Å². The Kier molecular flexibility index (Phi) is 45.9. The lowest BCUT2D eigenvalue weighted by molar-refractivity contribution is -0.156. The third kappa shape index (κ3) is 41.2. The summed E-state index contributed by atoms with van der Waals surface area (Å²) in [4.78, 5) is 52.5. The van der Waals surface area contributed by atoms with Gasteiger partial charge in [-0.2, -0.15) is 0 Å². The van der Waals surface area contributed by atoms with E-state index >= 15 is 0 Å². The molecule has 0 rings (SSSR count). The summed E-state index contributed by atoms with van der Waals surface area (Å²) in [6.07, 6.45) is 34.3. The van der Waals surface area contributed by atoms with Gasteiger partial charge >= 0.3 is 23.9 Å². The van der Waals surface area contributed by atoms with Crippen molar-refractivity contribution in [3.63, 3.8) is 0 Å². The number of allylic oxidation sites excluding steroid dienone is 2. The molecule has 0 heterocycles. The molecule has 0 spiro atoms. The molecule has 0 aromatic rings. The van der Waals surface area contributed by atoms with Gasteiger partial charge < -0.3 is 40.4 Å². The highest BCUT2D eigenvalue weighted by molar-refractivity contribution is 5.85. The van der Waals surface area contributed by atoms with Crippen LogP contribution in [0.25, 0.3) is 0 Å². The zero-order valence-electron chi connectivity index (χ0n) is 40.6. The minimum atomic E-state index is -1.83. The Bertz CT molecular complexity index is 1040. The van der Waals surface area contributed by atoms with Crippen molar-refractivity contribution in [3.8, 4) is 0 Å². The Morgan fingerprint density at radius 2 is 0.661 bits per heavy atom. The van der Waals surface area contributed by atoms with E-state index in [0.717, 1.165) is 51.6 Å². The molecular formula is C50H96N2O10. The molecule has 0 fully saturated rings. The highest BCUT2D eigenvalue weighted by atomic mass is 16.4. The summed E-state index contributed by atoms with van der Waals surface area (Å²) in [6, 6.07) is 0. The molecular weight excluding hydrogens is 789 g/mol. The monoisotopic (exact) mass is 885 g/mol. The quantitative estimate of drug-likeness (QED) is 0.0251. The fourth-order valence-electron chi connectivity index (χ4n) is 7.18. The first-order valence-electron chi connectivity index (χ1n) is 24.4. The van der Waals surface area contributed by atoms with Gasteiger partial charge in [0.2, 0.25) is 0 Å². The van der Waals surface area contributed by atoms with Crippen LogP contribution in [-0.4, -0.2) is 119 Å². The number of likely N-dealkylation sites (N-methyl/N-ethyl adjacent to an activating group) is 2. The number of rotatable bonds is 41. The zero-order valence-corrected chi connectivity index (χ0v) is 40.6. The molecule has 0 aromatic carbocycles. The number of nitrogens with zero attached hydrogens (tertiary/aromatic N) is 2. The lowest BCUT2D eigenvalue weighted by Gasteiger charge is -2.30. The number of aliphatic hydroxyl groups is 2. The van der Waals surface area contributed by atoms with Crippen molar-refractivity contribution < 1.29 is 49.8 Å². The number of carboxylic acid groups (broad SMARTS) is 4. The van der Waals surface area contributed by atoms with E-state index in [4.69, 9.17) is 10.2 Å². The maximum Gasteiger partial charge on any atom is 0.314 e. The molecule has 0 saturated heterocycles. The van der Waals surface area contributed by atoms with E-state index in [9.17, 15) is 39.6 Å². The Morgan fingerprint density at radius 1 is 0.419 bits per heavy atom. The number of carboxylic acids is 4. The Balaban J connectivity index is -0.00000251. The van der Waals surface area contributed by atoms with E-state index in [1.165, 1.54) is 128 Å². The maximum atomic E-state index is 12.5. The highest BCUT2D eigenvalue weighted by Crippen LogP contribution is 2.40. The van der Waals surface area contributed by atoms with Gasteiger partial charge in [0.05, 0.1) is 36.9 Å². The first kappa shape index (κ1) is 63.5. The Morgan fingerprint density at radius 3 is 0.839 bits per heavy atom. The van der Waals surface area contributed by atoms with E-state index < -0.39 is 47.5 Å². The number of unbranched alkanes of at least 4 members (excludes halogenated alkanes) is 24. The normalized spacial score (nSPS) is 13.4. The van der Waals surface area contributed by atoms with Crippen LogP contribution in [0.15, 0.2) is 24.3 Å². The number of hydrogen-bond acceptors (Lipinski definition) is 8. The molecule has 0 aliphatic rings. The van der Waals surface area contributed by atoms with Crippen LogP contribution in [0.2, 0.25) is 0 Å². The smallest absolute Gasteiger partial charge is 0.314 e. The topological polar surface area (TPSA) is 196 Å². The van der Waals surface area contributed by atoms with Gasteiger partial charge in [-0.25, -0.2) is 0 Å². The molecule has 366 valence electrons. The molecule has 0 radical (unpaired) electrons. The average molecular weight is 885 g/mol. The van der Waals surface area contributed by atoms with E-state index in [1.54, 1.807) is 12.2 Å². The summed E-state index contributed by atoms with van der Waals surface area (Å²) in [5, 5.41) is 56.0. The first-order valence-corrected chi connectivity index (χ1v) is 24.4. The molecule has 62 heavy (non-hydrogen) atoms. The highest BCUT2D eigenvalue weighted by Gasteiger charge is 2.44. The molecule has 2 unspecified atom stereocenters. The van der Waals surface area contributed by atoms with Crippen LogP contribution in [0, 0.1) is 10.8 Å². The van der Waals surface area contributed by atoms with Gasteiger partial charge in [-0.05, 0) is 66.7 Å². The van der Waals surface area contributed by atoms with Crippen LogP contribution in [0.5, 0.6) is 0 Å². The summed E-state index contributed by atoms with van der Waals surface area (Å²) in [6.45, 7) is 6.49. The third-order valence-corrected chi connectivity index (χ3v) is 11.2. The van der Waals surface area contributed by atoms with Crippen LogP contribution in [0.4, 0.5) is 0 Å². The summed E-state index contributed by atoms with van der Waals surface area (Å²) in [5.74, 6) is -5.30. The molecule has 0 bridgehead atoms. The lowest BCUT2D eigenvalue weighted by atomic mass is 9.71. The van der Waals surface area contributed by atoms with Gasteiger partial charge in [-0.3, -0.25) is 19.2 Å². The largest absolute Gasteiger partial charge is 0.481 e. The third-order valence-electron chi connectivity index (χ3n) is 11.2. The fraction of sp³-hybridized carbons (Fsp3) is 0.840. The number of hydrogen-bond donors (Lipinski definition) is 6.